The molecule has 1 aliphatic rings. The first-order valence-electron chi connectivity index (χ1n) is 7.28. The van der Waals surface area contributed by atoms with Gasteiger partial charge in [0.05, 0.1) is 12.3 Å². The van der Waals surface area contributed by atoms with Crippen molar-refractivity contribution in [2.45, 2.75) is 31.4 Å². The van der Waals surface area contributed by atoms with Crippen LogP contribution in [0.3, 0.4) is 0 Å². The van der Waals surface area contributed by atoms with Crippen LogP contribution in [0.2, 0.25) is 0 Å². The summed E-state index contributed by atoms with van der Waals surface area (Å²) in [6, 6.07) is 4.66. The number of hydrogen-bond acceptors (Lipinski definition) is 6. The van der Waals surface area contributed by atoms with E-state index in [0.717, 1.165) is 0 Å². The number of carbonyl (C=O) groups is 1. The number of rotatable bonds is 4. The topological polar surface area (TPSA) is 134 Å². The fourth-order valence-electron chi connectivity index (χ4n) is 2.64. The summed E-state index contributed by atoms with van der Waals surface area (Å²) in [5, 5.41) is 12.0. The number of aliphatic hydroxyl groups is 1. The van der Waals surface area contributed by atoms with Crippen molar-refractivity contribution in [3.8, 4) is 0 Å². The Morgan fingerprint density at radius 1 is 1.43 bits per heavy atom. The van der Waals surface area contributed by atoms with Gasteiger partial charge in [0.25, 0.3) is 11.5 Å². The lowest BCUT2D eigenvalue weighted by Gasteiger charge is -2.35. The van der Waals surface area contributed by atoms with Gasteiger partial charge in [-0.3, -0.25) is 19.6 Å². The van der Waals surface area contributed by atoms with Gasteiger partial charge >= 0.3 is 0 Å². The molecule has 120 valence electrons. The average Bonchev–Trinajstić information content (AvgIpc) is 2.49. The van der Waals surface area contributed by atoms with Crippen LogP contribution in [-0.4, -0.2) is 32.0 Å². The lowest BCUT2D eigenvalue weighted by Crippen LogP contribution is -2.44. The molecule has 0 aliphatic heterocycles. The van der Waals surface area contributed by atoms with E-state index in [2.05, 4.69) is 20.3 Å². The molecule has 0 unspecified atom stereocenters. The molecule has 1 amide bonds. The number of anilines is 1. The first kappa shape index (κ1) is 15.2. The van der Waals surface area contributed by atoms with Crippen LogP contribution in [0.1, 0.15) is 40.5 Å². The largest absolute Gasteiger partial charge is 0.392 e. The monoisotopic (exact) mass is 315 g/mol. The Morgan fingerprint density at radius 2 is 2.22 bits per heavy atom. The molecule has 0 bridgehead atoms. The second-order valence-corrected chi connectivity index (χ2v) is 5.60. The third-order valence-corrected chi connectivity index (χ3v) is 3.91. The summed E-state index contributed by atoms with van der Waals surface area (Å²) in [6.07, 6.45) is 2.88. The molecule has 0 radical (unpaired) electrons. The van der Waals surface area contributed by atoms with Crippen molar-refractivity contribution >= 4 is 11.9 Å². The second-order valence-electron chi connectivity index (χ2n) is 5.60. The predicted molar refractivity (Wildman–Crippen MR) is 82.7 cm³/mol. The maximum Gasteiger partial charge on any atom is 0.270 e. The Morgan fingerprint density at radius 3 is 2.91 bits per heavy atom. The van der Waals surface area contributed by atoms with E-state index in [1.54, 1.807) is 12.1 Å². The molecule has 1 aliphatic carbocycles. The summed E-state index contributed by atoms with van der Waals surface area (Å²) in [7, 11) is 0. The normalized spacial score (nSPS) is 19.9. The maximum atomic E-state index is 12.1. The summed E-state index contributed by atoms with van der Waals surface area (Å²) in [4.78, 5) is 34.0. The highest BCUT2D eigenvalue weighted by atomic mass is 16.3. The number of pyridine rings is 1. The zero-order chi connectivity index (χ0) is 16.4. The molecule has 5 N–H and O–H groups in total. The van der Waals surface area contributed by atoms with Crippen LogP contribution in [0.25, 0.3) is 0 Å². The molecule has 1 saturated carbocycles. The number of amides is 1. The maximum absolute atomic E-state index is 12.1. The van der Waals surface area contributed by atoms with Crippen LogP contribution in [0, 0.1) is 0 Å². The van der Waals surface area contributed by atoms with Crippen LogP contribution < -0.4 is 16.6 Å². The van der Waals surface area contributed by atoms with E-state index in [4.69, 9.17) is 10.8 Å². The van der Waals surface area contributed by atoms with Crippen molar-refractivity contribution in [2.24, 2.45) is 0 Å². The number of hydrogen-bond donors (Lipinski definition) is 4. The number of aromatic amines is 1. The van der Waals surface area contributed by atoms with E-state index >= 15 is 0 Å². The molecule has 2 heterocycles. The van der Waals surface area contributed by atoms with Crippen molar-refractivity contribution in [3.63, 3.8) is 0 Å². The Labute approximate surface area is 131 Å². The van der Waals surface area contributed by atoms with E-state index in [1.807, 2.05) is 0 Å². The summed E-state index contributed by atoms with van der Waals surface area (Å²) < 4.78 is 0. The van der Waals surface area contributed by atoms with Gasteiger partial charge in [0.2, 0.25) is 5.95 Å². The molecule has 2 aromatic rings. The Kier molecular flexibility index (Phi) is 4.07. The van der Waals surface area contributed by atoms with Crippen molar-refractivity contribution in [1.29, 1.82) is 0 Å². The van der Waals surface area contributed by atoms with E-state index in [1.165, 1.54) is 12.3 Å². The number of carbonyl (C=O) groups excluding carboxylic acids is 1. The highest BCUT2D eigenvalue weighted by Gasteiger charge is 2.33. The minimum absolute atomic E-state index is 0.00870. The van der Waals surface area contributed by atoms with E-state index in [-0.39, 0.29) is 41.7 Å². The minimum atomic E-state index is -0.276. The van der Waals surface area contributed by atoms with Crippen LogP contribution >= 0.6 is 0 Å². The van der Waals surface area contributed by atoms with Gasteiger partial charge in [0.15, 0.2) is 0 Å². The Balaban J connectivity index is 1.59. The quantitative estimate of drug-likeness (QED) is 0.623. The van der Waals surface area contributed by atoms with Crippen LogP contribution in [-0.2, 0) is 6.61 Å². The fourth-order valence-corrected chi connectivity index (χ4v) is 2.64. The SMILES string of the molecule is Nc1nc(C2CC(NC(=O)c3cc(CO)ccn3)C2)cc(=O)[nH]1. The lowest BCUT2D eigenvalue weighted by molar-refractivity contribution is 0.0903. The number of aromatic nitrogens is 3. The highest BCUT2D eigenvalue weighted by Crippen LogP contribution is 2.35. The molecule has 0 spiro atoms. The van der Waals surface area contributed by atoms with Crippen molar-refractivity contribution in [3.05, 3.63) is 51.7 Å². The van der Waals surface area contributed by atoms with E-state index < -0.39 is 0 Å². The third-order valence-electron chi connectivity index (χ3n) is 3.91. The number of nitrogens with one attached hydrogen (secondary N) is 2. The predicted octanol–water partition coefficient (Wildman–Crippen LogP) is -0.0846. The molecular formula is C15H17N5O3. The number of aliphatic hydroxyl groups excluding tert-OH is 1. The molecule has 3 rings (SSSR count). The zero-order valence-corrected chi connectivity index (χ0v) is 12.3. The van der Waals surface area contributed by atoms with Gasteiger partial charge in [0.1, 0.15) is 5.69 Å². The van der Waals surface area contributed by atoms with Crippen molar-refractivity contribution in [2.75, 3.05) is 5.73 Å². The third kappa shape index (κ3) is 3.37. The Bertz CT molecular complexity index is 783. The van der Waals surface area contributed by atoms with Gasteiger partial charge in [-0.2, -0.15) is 0 Å². The van der Waals surface area contributed by atoms with Crippen LogP contribution in [0.4, 0.5) is 5.95 Å². The van der Waals surface area contributed by atoms with Crippen LogP contribution in [0.15, 0.2) is 29.2 Å². The molecular weight excluding hydrogens is 298 g/mol. The first-order chi connectivity index (χ1) is 11.0. The lowest BCUT2D eigenvalue weighted by atomic mass is 9.78. The Hall–Kier alpha value is -2.74. The highest BCUT2D eigenvalue weighted by molar-refractivity contribution is 5.92. The van der Waals surface area contributed by atoms with Gasteiger partial charge in [-0.25, -0.2) is 4.98 Å². The van der Waals surface area contributed by atoms with E-state index in [0.29, 0.717) is 24.1 Å². The molecule has 0 aromatic carbocycles. The van der Waals surface area contributed by atoms with Gasteiger partial charge in [-0.1, -0.05) is 0 Å². The van der Waals surface area contributed by atoms with Gasteiger partial charge < -0.3 is 16.2 Å². The number of nitrogen functional groups attached to an aromatic ring is 1. The molecule has 0 saturated heterocycles. The van der Waals surface area contributed by atoms with Gasteiger partial charge in [-0.05, 0) is 30.5 Å². The summed E-state index contributed by atoms with van der Waals surface area (Å²) in [6.45, 7) is -0.135. The van der Waals surface area contributed by atoms with Crippen LogP contribution in [0.5, 0.6) is 0 Å². The molecule has 0 atom stereocenters. The molecule has 8 heteroatoms. The smallest absolute Gasteiger partial charge is 0.270 e. The second kappa shape index (κ2) is 6.17. The number of H-pyrrole nitrogens is 1. The molecule has 2 aromatic heterocycles. The standard InChI is InChI=1S/C15H17N5O3/c16-15-19-11(6-13(22)20-15)9-4-10(5-9)18-14(23)12-3-8(7-21)1-2-17-12/h1-3,6,9-10,21H,4-5,7H2,(H,18,23)(H3,16,19,20,22). The van der Waals surface area contributed by atoms with Gasteiger partial charge in [-0.15, -0.1) is 0 Å². The summed E-state index contributed by atoms with van der Waals surface area (Å²) in [5.41, 5.74) is 6.82. The van der Waals surface area contributed by atoms with Crippen molar-refractivity contribution < 1.29 is 9.90 Å². The zero-order valence-electron chi connectivity index (χ0n) is 12.3. The number of nitrogens with zero attached hydrogens (tertiary/aromatic N) is 2. The van der Waals surface area contributed by atoms with Crippen molar-refractivity contribution in [1.82, 2.24) is 20.3 Å². The molecule has 23 heavy (non-hydrogen) atoms. The minimum Gasteiger partial charge on any atom is -0.392 e. The average molecular weight is 315 g/mol. The molecule has 8 nitrogen and oxygen atoms in total. The first-order valence-corrected chi connectivity index (χ1v) is 7.28. The van der Waals surface area contributed by atoms with E-state index in [9.17, 15) is 9.59 Å². The van der Waals surface area contributed by atoms with Gasteiger partial charge in [0, 0.05) is 24.2 Å². The summed E-state index contributed by atoms with van der Waals surface area (Å²) >= 11 is 0. The molecule has 1 fully saturated rings. The fraction of sp³-hybridized carbons (Fsp3) is 0.333. The number of nitrogens with two attached hydrogens (primary N) is 1. The summed E-state index contributed by atoms with van der Waals surface area (Å²) in [5.74, 6) is -0.0613.